The molecule has 194 valence electrons. The lowest BCUT2D eigenvalue weighted by Gasteiger charge is -2.36. The Labute approximate surface area is 222 Å². The summed E-state index contributed by atoms with van der Waals surface area (Å²) in [6, 6.07) is 31.1. The van der Waals surface area contributed by atoms with Gasteiger partial charge in [0.25, 0.3) is 0 Å². The van der Waals surface area contributed by atoms with Crippen molar-refractivity contribution in [2.75, 3.05) is 23.8 Å². The number of nitro groups is 1. The van der Waals surface area contributed by atoms with Gasteiger partial charge in [-0.25, -0.2) is 9.97 Å². The first kappa shape index (κ1) is 25.4. The van der Waals surface area contributed by atoms with E-state index >= 15 is 0 Å². The first-order chi connectivity index (χ1) is 18.7. The molecule has 8 nitrogen and oxygen atoms in total. The number of anilines is 2. The zero-order valence-corrected chi connectivity index (χ0v) is 21.1. The van der Waals surface area contributed by atoms with Crippen LogP contribution in [0.3, 0.4) is 0 Å². The van der Waals surface area contributed by atoms with Crippen molar-refractivity contribution >= 4 is 17.3 Å². The quantitative estimate of drug-likeness (QED) is 0.0963. The lowest BCUT2D eigenvalue weighted by Crippen LogP contribution is -2.33. The summed E-state index contributed by atoms with van der Waals surface area (Å²) in [6.45, 7) is 1.03. The minimum absolute atomic E-state index is 0.105. The smallest absolute Gasteiger partial charge is 0.353 e. The van der Waals surface area contributed by atoms with Crippen LogP contribution in [0.2, 0.25) is 0 Å². The maximum atomic E-state index is 11.7. The normalized spacial score (nSPS) is 13.2. The second-order valence-corrected chi connectivity index (χ2v) is 9.36. The molecule has 2 N–H and O–H groups in total. The minimum Gasteiger partial charge on any atom is -0.364 e. The van der Waals surface area contributed by atoms with E-state index in [1.54, 1.807) is 0 Å². The Kier molecular flexibility index (Phi) is 7.89. The monoisotopic (exact) mass is 509 g/mol. The highest BCUT2D eigenvalue weighted by Crippen LogP contribution is 2.40. The number of hydrogen-bond acceptors (Lipinski definition) is 7. The maximum absolute atomic E-state index is 11.7. The summed E-state index contributed by atoms with van der Waals surface area (Å²) in [4.78, 5) is 19.5. The van der Waals surface area contributed by atoms with Crippen molar-refractivity contribution in [1.82, 2.24) is 9.97 Å². The second-order valence-electron chi connectivity index (χ2n) is 9.36. The number of ether oxygens (including phenoxy) is 1. The Hall–Kier alpha value is -4.30. The molecular weight excluding hydrogens is 478 g/mol. The average molecular weight is 510 g/mol. The summed E-state index contributed by atoms with van der Waals surface area (Å²) < 4.78 is 6.80. The van der Waals surface area contributed by atoms with Crippen molar-refractivity contribution in [3.05, 3.63) is 124 Å². The molecule has 0 radical (unpaired) electrons. The highest BCUT2D eigenvalue weighted by atomic mass is 16.6. The molecule has 8 heteroatoms. The molecule has 1 aromatic heterocycles. The first-order valence-electron chi connectivity index (χ1n) is 13.0. The zero-order valence-electron chi connectivity index (χ0n) is 21.1. The van der Waals surface area contributed by atoms with Gasteiger partial charge in [0.15, 0.2) is 0 Å². The third kappa shape index (κ3) is 5.65. The molecule has 0 bridgehead atoms. The number of benzene rings is 3. The van der Waals surface area contributed by atoms with Gasteiger partial charge in [0.1, 0.15) is 11.9 Å². The maximum Gasteiger partial charge on any atom is 0.353 e. The molecule has 1 heterocycles. The standard InChI is InChI=1S/C30H31N5O3/c36-35(37)27-28(32-22-33-29(27)34-26-18-19-26)31-20-10-11-21-38-30(23-12-4-1-5-13-23,24-14-6-2-7-15-24)25-16-8-3-9-17-25/h1-9,12-17,22,26H,10-11,18-21H2,(H2,31,32,33,34). The van der Waals surface area contributed by atoms with Crippen molar-refractivity contribution in [2.45, 2.75) is 37.3 Å². The van der Waals surface area contributed by atoms with Crippen LogP contribution in [-0.4, -0.2) is 34.1 Å². The van der Waals surface area contributed by atoms with Crippen LogP contribution in [-0.2, 0) is 10.3 Å². The highest BCUT2D eigenvalue weighted by molar-refractivity contribution is 5.69. The van der Waals surface area contributed by atoms with Gasteiger partial charge in [0.05, 0.1) is 4.92 Å². The molecule has 5 rings (SSSR count). The topological polar surface area (TPSA) is 102 Å². The lowest BCUT2D eigenvalue weighted by molar-refractivity contribution is -0.383. The van der Waals surface area contributed by atoms with E-state index in [2.05, 4.69) is 57.0 Å². The number of aromatic nitrogens is 2. The Balaban J connectivity index is 1.29. The van der Waals surface area contributed by atoms with Gasteiger partial charge in [0.2, 0.25) is 11.6 Å². The molecule has 0 atom stereocenters. The van der Waals surface area contributed by atoms with E-state index in [1.165, 1.54) is 6.33 Å². The van der Waals surface area contributed by atoms with Gasteiger partial charge in [-0.2, -0.15) is 0 Å². The van der Waals surface area contributed by atoms with Crippen molar-refractivity contribution in [3.63, 3.8) is 0 Å². The van der Waals surface area contributed by atoms with Crippen LogP contribution in [0.5, 0.6) is 0 Å². The molecule has 1 aliphatic carbocycles. The average Bonchev–Trinajstić information content (AvgIpc) is 3.78. The fourth-order valence-electron chi connectivity index (χ4n) is 4.64. The summed E-state index contributed by atoms with van der Waals surface area (Å²) >= 11 is 0. The van der Waals surface area contributed by atoms with Gasteiger partial charge < -0.3 is 15.4 Å². The van der Waals surface area contributed by atoms with E-state index in [0.717, 1.165) is 42.4 Å². The predicted molar refractivity (Wildman–Crippen MR) is 148 cm³/mol. The Bertz CT molecular complexity index is 1240. The minimum atomic E-state index is -0.758. The zero-order chi connectivity index (χ0) is 26.2. The number of nitrogens with one attached hydrogen (secondary N) is 2. The molecule has 38 heavy (non-hydrogen) atoms. The fourth-order valence-corrected chi connectivity index (χ4v) is 4.64. The third-order valence-corrected chi connectivity index (χ3v) is 6.65. The largest absolute Gasteiger partial charge is 0.364 e. The summed E-state index contributed by atoms with van der Waals surface area (Å²) in [5.74, 6) is 0.512. The van der Waals surface area contributed by atoms with Crippen LogP contribution in [0.15, 0.2) is 97.3 Å². The van der Waals surface area contributed by atoms with E-state index in [4.69, 9.17) is 4.74 Å². The van der Waals surface area contributed by atoms with Crippen LogP contribution < -0.4 is 10.6 Å². The van der Waals surface area contributed by atoms with Crippen LogP contribution >= 0.6 is 0 Å². The number of hydrogen-bond donors (Lipinski definition) is 2. The van der Waals surface area contributed by atoms with E-state index in [0.29, 0.717) is 13.2 Å². The van der Waals surface area contributed by atoms with Gasteiger partial charge >= 0.3 is 5.69 Å². The fraction of sp³-hybridized carbons (Fsp3) is 0.267. The van der Waals surface area contributed by atoms with Crippen LogP contribution in [0.1, 0.15) is 42.4 Å². The number of nitrogens with zero attached hydrogens (tertiary/aromatic N) is 3. The Morgan fingerprint density at radius 1 is 0.816 bits per heavy atom. The first-order valence-corrected chi connectivity index (χ1v) is 13.0. The molecule has 4 aromatic rings. The molecule has 1 fully saturated rings. The molecule has 0 aliphatic heterocycles. The van der Waals surface area contributed by atoms with E-state index < -0.39 is 10.5 Å². The summed E-state index contributed by atoms with van der Waals surface area (Å²) in [6.07, 6.45) is 4.87. The number of rotatable bonds is 13. The Morgan fingerprint density at radius 2 is 1.34 bits per heavy atom. The molecule has 0 amide bonds. The predicted octanol–water partition coefficient (Wildman–Crippen LogP) is 6.16. The number of unbranched alkanes of at least 4 members (excludes halogenated alkanes) is 1. The second kappa shape index (κ2) is 11.8. The van der Waals surface area contributed by atoms with Crippen LogP contribution in [0.25, 0.3) is 0 Å². The van der Waals surface area contributed by atoms with Crippen molar-refractivity contribution < 1.29 is 9.66 Å². The molecule has 0 saturated heterocycles. The van der Waals surface area contributed by atoms with Gasteiger partial charge in [0, 0.05) is 19.2 Å². The molecule has 0 spiro atoms. The molecule has 0 unspecified atom stereocenters. The van der Waals surface area contributed by atoms with Crippen molar-refractivity contribution in [2.24, 2.45) is 0 Å². The van der Waals surface area contributed by atoms with Crippen LogP contribution in [0.4, 0.5) is 17.3 Å². The van der Waals surface area contributed by atoms with E-state index in [1.807, 2.05) is 54.6 Å². The SMILES string of the molecule is O=[N+]([O-])c1c(NCCCCOC(c2ccccc2)(c2ccccc2)c2ccccc2)ncnc1NC1CC1. The Morgan fingerprint density at radius 3 is 1.84 bits per heavy atom. The molecule has 3 aromatic carbocycles. The summed E-state index contributed by atoms with van der Waals surface area (Å²) in [5.41, 5.74) is 2.31. The summed E-state index contributed by atoms with van der Waals surface area (Å²) in [5, 5.41) is 18.0. The summed E-state index contributed by atoms with van der Waals surface area (Å²) in [7, 11) is 0. The van der Waals surface area contributed by atoms with E-state index in [-0.39, 0.29) is 23.4 Å². The molecular formula is C30H31N5O3. The lowest BCUT2D eigenvalue weighted by atomic mass is 9.80. The van der Waals surface area contributed by atoms with E-state index in [9.17, 15) is 10.1 Å². The van der Waals surface area contributed by atoms with Gasteiger partial charge in [-0.3, -0.25) is 10.1 Å². The van der Waals surface area contributed by atoms with Gasteiger partial charge in [-0.05, 0) is 42.4 Å². The van der Waals surface area contributed by atoms with Crippen LogP contribution in [0, 0.1) is 10.1 Å². The van der Waals surface area contributed by atoms with Crippen molar-refractivity contribution in [3.8, 4) is 0 Å². The third-order valence-electron chi connectivity index (χ3n) is 6.65. The van der Waals surface area contributed by atoms with Gasteiger partial charge in [-0.15, -0.1) is 0 Å². The highest BCUT2D eigenvalue weighted by Gasteiger charge is 2.37. The molecule has 1 saturated carbocycles. The molecule has 1 aliphatic rings. The van der Waals surface area contributed by atoms with Crippen molar-refractivity contribution in [1.29, 1.82) is 0 Å². The van der Waals surface area contributed by atoms with Gasteiger partial charge in [-0.1, -0.05) is 91.0 Å².